The maximum Gasteiger partial charge on any atom is 0.338 e. The molecule has 0 aliphatic rings. The summed E-state index contributed by atoms with van der Waals surface area (Å²) in [4.78, 5) is 20.2. The van der Waals surface area contributed by atoms with Crippen molar-refractivity contribution in [2.75, 3.05) is 7.11 Å². The smallest absolute Gasteiger partial charge is 0.338 e. The quantitative estimate of drug-likeness (QED) is 0.759. The number of carbonyl (C=O) groups excluding carboxylic acids is 1. The van der Waals surface area contributed by atoms with Gasteiger partial charge in [-0.25, -0.2) is 14.8 Å². The van der Waals surface area contributed by atoms with Gasteiger partial charge in [0, 0.05) is 11.8 Å². The topological polar surface area (TPSA) is 52.1 Å². The summed E-state index contributed by atoms with van der Waals surface area (Å²) in [6, 6.07) is 7.41. The zero-order valence-electron chi connectivity index (χ0n) is 10.6. The molecule has 0 N–H and O–H groups in total. The van der Waals surface area contributed by atoms with E-state index < -0.39 is 0 Å². The number of hydrogen-bond donors (Lipinski definition) is 0. The molecule has 2 aromatic rings. The fourth-order valence-corrected chi connectivity index (χ4v) is 1.77. The lowest BCUT2D eigenvalue weighted by molar-refractivity contribution is 0.0601. The van der Waals surface area contributed by atoms with Crippen LogP contribution in [0.5, 0.6) is 0 Å². The predicted octanol–water partition coefficient (Wildman–Crippen LogP) is 2.55. The van der Waals surface area contributed by atoms with Crippen molar-refractivity contribution >= 4 is 5.97 Å². The van der Waals surface area contributed by atoms with Crippen molar-refractivity contribution in [2.24, 2.45) is 0 Å². The van der Waals surface area contributed by atoms with E-state index in [-0.39, 0.29) is 5.97 Å². The second-order valence-corrected chi connectivity index (χ2v) is 4.03. The second kappa shape index (κ2) is 4.96. The van der Waals surface area contributed by atoms with E-state index in [1.54, 1.807) is 18.3 Å². The average molecular weight is 242 g/mol. The molecule has 0 aliphatic carbocycles. The molecule has 0 saturated heterocycles. The second-order valence-electron chi connectivity index (χ2n) is 4.03. The Kier molecular flexibility index (Phi) is 3.37. The molecule has 0 amide bonds. The summed E-state index contributed by atoms with van der Waals surface area (Å²) in [6.07, 6.45) is 1.68. The van der Waals surface area contributed by atoms with Crippen LogP contribution in [0.15, 0.2) is 30.5 Å². The van der Waals surface area contributed by atoms with E-state index in [1.165, 1.54) is 7.11 Å². The minimum atomic E-state index is -0.357. The first-order chi connectivity index (χ1) is 8.61. The molecule has 2 rings (SSSR count). The largest absolute Gasteiger partial charge is 0.465 e. The molecule has 0 unspecified atom stereocenters. The highest BCUT2D eigenvalue weighted by Crippen LogP contribution is 2.23. The summed E-state index contributed by atoms with van der Waals surface area (Å²) >= 11 is 0. The van der Waals surface area contributed by atoms with E-state index in [0.717, 1.165) is 16.8 Å². The van der Waals surface area contributed by atoms with Crippen molar-refractivity contribution in [3.63, 3.8) is 0 Å². The molecule has 1 aromatic carbocycles. The minimum absolute atomic E-state index is 0.357. The van der Waals surface area contributed by atoms with Gasteiger partial charge in [-0.3, -0.25) is 0 Å². The van der Waals surface area contributed by atoms with Gasteiger partial charge in [-0.1, -0.05) is 17.7 Å². The first-order valence-electron chi connectivity index (χ1n) is 5.61. The number of ether oxygens (including phenoxy) is 1. The Hall–Kier alpha value is -2.23. The number of aromatic nitrogens is 2. The number of methoxy groups -OCH3 is 1. The predicted molar refractivity (Wildman–Crippen MR) is 68.3 cm³/mol. The third-order valence-corrected chi connectivity index (χ3v) is 2.63. The van der Waals surface area contributed by atoms with Crippen LogP contribution in [0.1, 0.15) is 21.7 Å². The lowest BCUT2D eigenvalue weighted by atomic mass is 10.0. The number of benzene rings is 1. The highest BCUT2D eigenvalue weighted by molar-refractivity contribution is 5.96. The fourth-order valence-electron chi connectivity index (χ4n) is 1.77. The normalized spacial score (nSPS) is 10.2. The lowest BCUT2D eigenvalue weighted by Gasteiger charge is -2.08. The highest BCUT2D eigenvalue weighted by atomic mass is 16.5. The van der Waals surface area contributed by atoms with E-state index in [9.17, 15) is 4.79 Å². The van der Waals surface area contributed by atoms with Crippen LogP contribution in [0.2, 0.25) is 0 Å². The van der Waals surface area contributed by atoms with Crippen LogP contribution in [0, 0.1) is 13.8 Å². The van der Waals surface area contributed by atoms with E-state index in [4.69, 9.17) is 4.74 Å². The Morgan fingerprint density at radius 3 is 2.67 bits per heavy atom. The van der Waals surface area contributed by atoms with Crippen LogP contribution in [0.25, 0.3) is 11.3 Å². The van der Waals surface area contributed by atoms with Crippen molar-refractivity contribution in [3.05, 3.63) is 47.4 Å². The van der Waals surface area contributed by atoms with Gasteiger partial charge in [0.25, 0.3) is 0 Å². The van der Waals surface area contributed by atoms with Gasteiger partial charge in [0.2, 0.25) is 0 Å². The molecule has 1 heterocycles. The number of nitrogens with zero attached hydrogens (tertiary/aromatic N) is 2. The Morgan fingerprint density at radius 1 is 1.22 bits per heavy atom. The van der Waals surface area contributed by atoms with E-state index in [1.807, 2.05) is 26.0 Å². The Bertz CT molecular complexity index is 594. The summed E-state index contributed by atoms with van der Waals surface area (Å²) in [7, 11) is 1.37. The lowest BCUT2D eigenvalue weighted by Crippen LogP contribution is -2.05. The molecule has 1 aromatic heterocycles. The first kappa shape index (κ1) is 12.2. The molecule has 0 aliphatic heterocycles. The molecular formula is C14H14N2O2. The monoisotopic (exact) mass is 242 g/mol. The number of rotatable bonds is 2. The van der Waals surface area contributed by atoms with Gasteiger partial charge in [-0.2, -0.15) is 0 Å². The highest BCUT2D eigenvalue weighted by Gasteiger charge is 2.14. The molecule has 0 bridgehead atoms. The molecule has 18 heavy (non-hydrogen) atoms. The molecule has 0 saturated carbocycles. The third-order valence-electron chi connectivity index (χ3n) is 2.63. The van der Waals surface area contributed by atoms with E-state index in [2.05, 4.69) is 9.97 Å². The molecule has 92 valence electrons. The van der Waals surface area contributed by atoms with Crippen LogP contribution in [0.3, 0.4) is 0 Å². The number of aryl methyl sites for hydroxylation is 2. The zero-order chi connectivity index (χ0) is 13.1. The number of carbonyl (C=O) groups is 1. The van der Waals surface area contributed by atoms with Gasteiger partial charge in [0.15, 0.2) is 0 Å². The SMILES string of the molecule is COC(=O)c1cc(C)ccc1-c1ccnc(C)n1. The average Bonchev–Trinajstić information content (AvgIpc) is 2.37. The Morgan fingerprint density at radius 2 is 2.00 bits per heavy atom. The van der Waals surface area contributed by atoms with Crippen LogP contribution in [-0.4, -0.2) is 23.0 Å². The summed E-state index contributed by atoms with van der Waals surface area (Å²) in [6.45, 7) is 3.75. The standard InChI is InChI=1S/C14H14N2O2/c1-9-4-5-11(12(8-9)14(17)18-3)13-6-7-15-10(2)16-13/h4-8H,1-3H3. The summed E-state index contributed by atoms with van der Waals surface area (Å²) in [5, 5.41) is 0. The Labute approximate surface area is 106 Å². The van der Waals surface area contributed by atoms with Gasteiger partial charge >= 0.3 is 5.97 Å². The van der Waals surface area contributed by atoms with Crippen LogP contribution < -0.4 is 0 Å². The number of esters is 1. The number of hydrogen-bond acceptors (Lipinski definition) is 4. The van der Waals surface area contributed by atoms with Gasteiger partial charge in [0.1, 0.15) is 5.82 Å². The molecule has 0 fully saturated rings. The van der Waals surface area contributed by atoms with Crippen LogP contribution >= 0.6 is 0 Å². The van der Waals surface area contributed by atoms with Crippen LogP contribution in [0.4, 0.5) is 0 Å². The molecule has 0 atom stereocenters. The molecule has 0 spiro atoms. The van der Waals surface area contributed by atoms with Crippen molar-refractivity contribution in [1.29, 1.82) is 0 Å². The van der Waals surface area contributed by atoms with Gasteiger partial charge < -0.3 is 4.74 Å². The molecule has 4 nitrogen and oxygen atoms in total. The summed E-state index contributed by atoms with van der Waals surface area (Å²) in [5.74, 6) is 0.314. The first-order valence-corrected chi connectivity index (χ1v) is 5.61. The van der Waals surface area contributed by atoms with Gasteiger partial charge in [0.05, 0.1) is 18.4 Å². The van der Waals surface area contributed by atoms with Crippen molar-refractivity contribution in [2.45, 2.75) is 13.8 Å². The van der Waals surface area contributed by atoms with E-state index >= 15 is 0 Å². The van der Waals surface area contributed by atoms with Crippen molar-refractivity contribution in [3.8, 4) is 11.3 Å². The molecule has 0 radical (unpaired) electrons. The van der Waals surface area contributed by atoms with Gasteiger partial charge in [-0.05, 0) is 26.0 Å². The summed E-state index contributed by atoms with van der Waals surface area (Å²) < 4.78 is 4.80. The minimum Gasteiger partial charge on any atom is -0.465 e. The van der Waals surface area contributed by atoms with Gasteiger partial charge in [-0.15, -0.1) is 0 Å². The van der Waals surface area contributed by atoms with E-state index in [0.29, 0.717) is 11.4 Å². The summed E-state index contributed by atoms with van der Waals surface area (Å²) in [5.41, 5.74) is 3.02. The van der Waals surface area contributed by atoms with Crippen molar-refractivity contribution in [1.82, 2.24) is 9.97 Å². The third kappa shape index (κ3) is 2.37. The van der Waals surface area contributed by atoms with Crippen LogP contribution in [-0.2, 0) is 4.74 Å². The Balaban J connectivity index is 2.60. The maximum atomic E-state index is 11.8. The van der Waals surface area contributed by atoms with Crippen molar-refractivity contribution < 1.29 is 9.53 Å². The zero-order valence-corrected chi connectivity index (χ0v) is 10.6. The molecular weight excluding hydrogens is 228 g/mol. The maximum absolute atomic E-state index is 11.8. The molecule has 4 heteroatoms. The fraction of sp³-hybridized carbons (Fsp3) is 0.214.